The number of hydrogen-bond donors (Lipinski definition) is 0. The molecule has 0 unspecified atom stereocenters. The van der Waals surface area contributed by atoms with E-state index in [1.165, 1.54) is 9.87 Å². The third kappa shape index (κ3) is 3.32. The molecule has 1 heterocycles. The normalized spacial score (nSPS) is 23.8. The number of hydrogen-bond acceptors (Lipinski definition) is 4. The van der Waals surface area contributed by atoms with Crippen molar-refractivity contribution in [2.45, 2.75) is 50.0 Å². The van der Waals surface area contributed by atoms with Crippen LogP contribution in [0.25, 0.3) is 0 Å². The molecule has 0 radical (unpaired) electrons. The van der Waals surface area contributed by atoms with E-state index < -0.39 is 25.9 Å². The van der Waals surface area contributed by atoms with Crippen LogP contribution in [0.3, 0.4) is 0 Å². The Kier molecular flexibility index (Phi) is 4.55. The molecule has 1 aromatic carbocycles. The summed E-state index contributed by atoms with van der Waals surface area (Å²) in [6.45, 7) is 2.06. The molecule has 0 amide bonds. The minimum atomic E-state index is -3.65. The fourth-order valence-corrected chi connectivity index (χ4v) is 7.17. The maximum atomic E-state index is 13.0. The quantitative estimate of drug-likeness (QED) is 0.823. The molecule has 0 spiro atoms. The number of benzene rings is 1. The first-order valence-electron chi connectivity index (χ1n) is 8.17. The molecular weight excluding hydrogens is 334 g/mol. The lowest BCUT2D eigenvalue weighted by molar-refractivity contribution is 0.354. The predicted octanol–water partition coefficient (Wildman–Crippen LogP) is 1.76. The van der Waals surface area contributed by atoms with E-state index in [1.807, 2.05) is 6.07 Å². The molecule has 128 valence electrons. The van der Waals surface area contributed by atoms with Gasteiger partial charge in [-0.1, -0.05) is 13.0 Å². The smallest absolute Gasteiger partial charge is 0.229 e. The number of fused-ring (bicyclic) bond motifs is 1. The van der Waals surface area contributed by atoms with Gasteiger partial charge < -0.3 is 0 Å². The first-order valence-corrected chi connectivity index (χ1v) is 11.4. The van der Waals surface area contributed by atoms with E-state index in [4.69, 9.17) is 0 Å². The second-order valence-corrected chi connectivity index (χ2v) is 10.5. The molecule has 1 saturated heterocycles. The summed E-state index contributed by atoms with van der Waals surface area (Å²) in [4.78, 5) is 0.296. The van der Waals surface area contributed by atoms with Crippen molar-refractivity contribution in [3.63, 3.8) is 0 Å². The molecule has 1 fully saturated rings. The van der Waals surface area contributed by atoms with E-state index in [2.05, 4.69) is 0 Å². The number of aryl methyl sites for hydroxylation is 2. The standard InChI is InChI=1S/C16H23NO4S2/c1-2-17(15-9-10-22(18,19)12-15)23(20,21)16-8-7-13-5-3-4-6-14(13)11-16/h7-8,11,15H,2-6,9-10,12H2,1H3/t15-/m1/s1. The Morgan fingerprint density at radius 2 is 1.87 bits per heavy atom. The van der Waals surface area contributed by atoms with Crippen molar-refractivity contribution < 1.29 is 16.8 Å². The number of sulfone groups is 1. The summed E-state index contributed by atoms with van der Waals surface area (Å²) < 4.78 is 50.7. The van der Waals surface area contributed by atoms with Crippen molar-refractivity contribution in [1.82, 2.24) is 4.31 Å². The van der Waals surface area contributed by atoms with Gasteiger partial charge in [-0.2, -0.15) is 4.31 Å². The summed E-state index contributed by atoms with van der Waals surface area (Å²) in [5, 5.41) is 0. The molecule has 23 heavy (non-hydrogen) atoms. The van der Waals surface area contributed by atoms with Gasteiger partial charge in [-0.15, -0.1) is 0 Å². The highest BCUT2D eigenvalue weighted by atomic mass is 32.2. The van der Waals surface area contributed by atoms with Gasteiger partial charge in [0.05, 0.1) is 16.4 Å². The minimum absolute atomic E-state index is 0.0645. The largest absolute Gasteiger partial charge is 0.243 e. The number of nitrogens with zero attached hydrogens (tertiary/aromatic N) is 1. The highest BCUT2D eigenvalue weighted by Gasteiger charge is 2.38. The highest BCUT2D eigenvalue weighted by Crippen LogP contribution is 2.28. The lowest BCUT2D eigenvalue weighted by Crippen LogP contribution is -2.40. The number of sulfonamides is 1. The third-order valence-electron chi connectivity index (χ3n) is 4.85. The van der Waals surface area contributed by atoms with Crippen LogP contribution in [-0.4, -0.2) is 45.2 Å². The molecule has 5 nitrogen and oxygen atoms in total. The van der Waals surface area contributed by atoms with Crippen LogP contribution in [0.5, 0.6) is 0 Å². The predicted molar refractivity (Wildman–Crippen MR) is 89.7 cm³/mol. The van der Waals surface area contributed by atoms with E-state index in [0.29, 0.717) is 17.9 Å². The van der Waals surface area contributed by atoms with Crippen LogP contribution in [0.4, 0.5) is 0 Å². The summed E-state index contributed by atoms with van der Waals surface area (Å²) in [5.41, 5.74) is 2.36. The van der Waals surface area contributed by atoms with Crippen LogP contribution < -0.4 is 0 Å². The summed E-state index contributed by atoms with van der Waals surface area (Å²) in [5.74, 6) is 0.0128. The molecule has 1 atom stereocenters. The molecule has 3 rings (SSSR count). The maximum absolute atomic E-state index is 13.0. The summed E-state index contributed by atoms with van der Waals surface area (Å²) in [6, 6.07) is 4.94. The van der Waals surface area contributed by atoms with Crippen molar-refractivity contribution in [1.29, 1.82) is 0 Å². The highest BCUT2D eigenvalue weighted by molar-refractivity contribution is 7.92. The molecule has 0 bridgehead atoms. The van der Waals surface area contributed by atoms with Gasteiger partial charge in [0.2, 0.25) is 10.0 Å². The van der Waals surface area contributed by atoms with E-state index in [1.54, 1.807) is 19.1 Å². The Labute approximate surface area is 138 Å². The molecule has 2 aliphatic rings. The van der Waals surface area contributed by atoms with Gasteiger partial charge in [0.1, 0.15) is 0 Å². The van der Waals surface area contributed by atoms with Crippen molar-refractivity contribution in [2.75, 3.05) is 18.1 Å². The monoisotopic (exact) mass is 357 g/mol. The molecule has 0 saturated carbocycles. The van der Waals surface area contributed by atoms with Gasteiger partial charge in [0, 0.05) is 12.6 Å². The van der Waals surface area contributed by atoms with Crippen molar-refractivity contribution in [3.05, 3.63) is 29.3 Å². The zero-order valence-corrected chi connectivity index (χ0v) is 15.0. The first kappa shape index (κ1) is 16.9. The average Bonchev–Trinajstić information content (AvgIpc) is 2.87. The van der Waals surface area contributed by atoms with Gasteiger partial charge in [-0.05, 0) is 55.4 Å². The SMILES string of the molecule is CCN([C@@H]1CCS(=O)(=O)C1)S(=O)(=O)c1ccc2c(c1)CCCC2. The summed E-state index contributed by atoms with van der Waals surface area (Å²) in [7, 11) is -6.76. The second-order valence-electron chi connectivity index (χ2n) is 6.40. The van der Waals surface area contributed by atoms with Gasteiger partial charge in [0.15, 0.2) is 9.84 Å². The Morgan fingerprint density at radius 3 is 2.48 bits per heavy atom. The van der Waals surface area contributed by atoms with Gasteiger partial charge in [-0.3, -0.25) is 0 Å². The van der Waals surface area contributed by atoms with Crippen LogP contribution in [0, 0.1) is 0 Å². The molecule has 0 N–H and O–H groups in total. The third-order valence-corrected chi connectivity index (χ3v) is 8.63. The average molecular weight is 357 g/mol. The van der Waals surface area contributed by atoms with Gasteiger partial charge >= 0.3 is 0 Å². The maximum Gasteiger partial charge on any atom is 0.243 e. The van der Waals surface area contributed by atoms with Gasteiger partial charge in [0.25, 0.3) is 0 Å². The lowest BCUT2D eigenvalue weighted by atomic mass is 9.92. The molecule has 0 aromatic heterocycles. The minimum Gasteiger partial charge on any atom is -0.229 e. The molecule has 1 aliphatic carbocycles. The van der Waals surface area contributed by atoms with Crippen LogP contribution >= 0.6 is 0 Å². The summed E-state index contributed by atoms with van der Waals surface area (Å²) >= 11 is 0. The topological polar surface area (TPSA) is 71.5 Å². The second kappa shape index (κ2) is 6.18. The van der Waals surface area contributed by atoms with E-state index >= 15 is 0 Å². The van der Waals surface area contributed by atoms with E-state index in [-0.39, 0.29) is 11.5 Å². The van der Waals surface area contributed by atoms with Gasteiger partial charge in [-0.25, -0.2) is 16.8 Å². The van der Waals surface area contributed by atoms with Crippen molar-refractivity contribution in [2.24, 2.45) is 0 Å². The van der Waals surface area contributed by atoms with Crippen LogP contribution in [0.1, 0.15) is 37.3 Å². The summed E-state index contributed by atoms with van der Waals surface area (Å²) in [6.07, 6.45) is 4.56. The molecule has 1 aliphatic heterocycles. The Hall–Kier alpha value is -0.920. The lowest BCUT2D eigenvalue weighted by Gasteiger charge is -2.26. The first-order chi connectivity index (χ1) is 10.8. The van der Waals surface area contributed by atoms with Crippen molar-refractivity contribution in [3.8, 4) is 0 Å². The van der Waals surface area contributed by atoms with Crippen LogP contribution in [-0.2, 0) is 32.7 Å². The van der Waals surface area contributed by atoms with Crippen LogP contribution in [0.2, 0.25) is 0 Å². The molecule has 7 heteroatoms. The van der Waals surface area contributed by atoms with Crippen molar-refractivity contribution >= 4 is 19.9 Å². The van der Waals surface area contributed by atoms with E-state index in [0.717, 1.165) is 31.2 Å². The molecule has 1 aromatic rings. The van der Waals surface area contributed by atoms with Crippen LogP contribution in [0.15, 0.2) is 23.1 Å². The number of rotatable bonds is 4. The Bertz CT molecular complexity index is 799. The molecular formula is C16H23NO4S2. The Balaban J connectivity index is 1.93. The Morgan fingerprint density at radius 1 is 1.17 bits per heavy atom. The van der Waals surface area contributed by atoms with E-state index in [9.17, 15) is 16.8 Å². The zero-order valence-electron chi connectivity index (χ0n) is 13.4. The zero-order chi connectivity index (χ0) is 16.7. The fraction of sp³-hybridized carbons (Fsp3) is 0.625. The fourth-order valence-electron chi connectivity index (χ4n) is 3.63.